The highest BCUT2D eigenvalue weighted by Crippen LogP contribution is 2.51. The molecule has 2 aliphatic heterocycles. The van der Waals surface area contributed by atoms with E-state index in [0.29, 0.717) is 33.7 Å². The summed E-state index contributed by atoms with van der Waals surface area (Å²) in [6.45, 7) is 0. The first-order valence-corrected chi connectivity index (χ1v) is 10.6. The number of hydrogen-bond donors (Lipinski definition) is 0. The molecule has 3 aromatic carbocycles. The molecule has 158 valence electrons. The van der Waals surface area contributed by atoms with Gasteiger partial charge in [0.15, 0.2) is 11.5 Å². The Morgan fingerprint density at radius 1 is 0.968 bits per heavy atom. The largest absolute Gasteiger partial charge is 0.493 e. The van der Waals surface area contributed by atoms with Crippen molar-refractivity contribution in [1.82, 2.24) is 5.01 Å². The number of nitrogens with zero attached hydrogens (tertiary/aromatic N) is 2. The van der Waals surface area contributed by atoms with E-state index in [1.807, 2.05) is 59.6 Å². The number of benzene rings is 3. The van der Waals surface area contributed by atoms with Gasteiger partial charge in [-0.2, -0.15) is 5.10 Å². The number of ether oxygens (including phenoxy) is 3. The summed E-state index contributed by atoms with van der Waals surface area (Å²) < 4.78 is 17.2. The average Bonchev–Trinajstić information content (AvgIpc) is 3.24. The number of hydrogen-bond acceptors (Lipinski definition) is 5. The van der Waals surface area contributed by atoms with Crippen LogP contribution in [0.3, 0.4) is 0 Å². The van der Waals surface area contributed by atoms with E-state index in [1.165, 1.54) is 0 Å². The van der Waals surface area contributed by atoms with Crippen molar-refractivity contribution in [2.45, 2.75) is 18.7 Å². The van der Waals surface area contributed by atoms with Crippen LogP contribution in [0.5, 0.6) is 17.2 Å². The van der Waals surface area contributed by atoms with Crippen LogP contribution in [0.25, 0.3) is 0 Å². The van der Waals surface area contributed by atoms with Gasteiger partial charge >= 0.3 is 0 Å². The molecule has 2 heterocycles. The molecule has 7 heteroatoms. The third kappa shape index (κ3) is 3.48. The third-order valence-electron chi connectivity index (χ3n) is 5.61. The van der Waals surface area contributed by atoms with E-state index in [9.17, 15) is 0 Å². The number of hydrazone groups is 1. The minimum absolute atomic E-state index is 0.0479. The smallest absolute Gasteiger partial charge is 0.213 e. The Hall–Kier alpha value is -2.89. The highest BCUT2D eigenvalue weighted by atomic mass is 35.5. The molecule has 0 spiro atoms. The second kappa shape index (κ2) is 7.98. The number of rotatable bonds is 4. The van der Waals surface area contributed by atoms with Crippen molar-refractivity contribution in [3.05, 3.63) is 87.4 Å². The van der Waals surface area contributed by atoms with Gasteiger partial charge in [-0.3, -0.25) is 0 Å². The monoisotopic (exact) mass is 454 g/mol. The zero-order valence-electron chi connectivity index (χ0n) is 17.0. The van der Waals surface area contributed by atoms with Crippen molar-refractivity contribution in [2.24, 2.45) is 5.10 Å². The molecule has 0 amide bonds. The van der Waals surface area contributed by atoms with Gasteiger partial charge in [-0.15, -0.1) is 0 Å². The molecule has 0 N–H and O–H groups in total. The Bertz CT molecular complexity index is 1170. The molecule has 31 heavy (non-hydrogen) atoms. The summed E-state index contributed by atoms with van der Waals surface area (Å²) in [6, 6.07) is 19.4. The molecule has 0 fully saturated rings. The van der Waals surface area contributed by atoms with E-state index < -0.39 is 6.23 Å². The average molecular weight is 455 g/mol. The van der Waals surface area contributed by atoms with E-state index in [4.69, 9.17) is 42.5 Å². The highest BCUT2D eigenvalue weighted by molar-refractivity contribution is 6.35. The van der Waals surface area contributed by atoms with Crippen molar-refractivity contribution in [2.75, 3.05) is 14.2 Å². The lowest BCUT2D eigenvalue weighted by molar-refractivity contribution is -0.0189. The minimum atomic E-state index is -0.394. The van der Waals surface area contributed by atoms with Gasteiger partial charge in [0.05, 0.1) is 31.0 Å². The summed E-state index contributed by atoms with van der Waals surface area (Å²) in [6.07, 6.45) is 0.293. The molecule has 5 rings (SSSR count). The van der Waals surface area contributed by atoms with Gasteiger partial charge in [0.25, 0.3) is 0 Å². The van der Waals surface area contributed by atoms with Crippen LogP contribution in [-0.4, -0.2) is 24.9 Å². The van der Waals surface area contributed by atoms with Gasteiger partial charge in [0.2, 0.25) is 6.23 Å². The van der Waals surface area contributed by atoms with Crippen LogP contribution >= 0.6 is 23.2 Å². The Morgan fingerprint density at radius 2 is 1.74 bits per heavy atom. The number of methoxy groups -OCH3 is 2. The zero-order chi connectivity index (χ0) is 21.5. The first-order chi connectivity index (χ1) is 15.1. The molecule has 0 saturated carbocycles. The minimum Gasteiger partial charge on any atom is -0.493 e. The second-order valence-corrected chi connectivity index (χ2v) is 8.25. The lowest BCUT2D eigenvalue weighted by Crippen LogP contribution is -2.33. The van der Waals surface area contributed by atoms with Gasteiger partial charge in [-0.05, 0) is 30.3 Å². The molecule has 0 radical (unpaired) electrons. The fourth-order valence-electron chi connectivity index (χ4n) is 4.14. The summed E-state index contributed by atoms with van der Waals surface area (Å²) in [5, 5.41) is 8.04. The normalized spacial score (nSPS) is 19.2. The van der Waals surface area contributed by atoms with Gasteiger partial charge in [-0.1, -0.05) is 53.5 Å². The molecule has 0 aliphatic carbocycles. The predicted molar refractivity (Wildman–Crippen MR) is 122 cm³/mol. The molecule has 0 saturated heterocycles. The summed E-state index contributed by atoms with van der Waals surface area (Å²) in [5.74, 6) is 2.00. The first-order valence-electron chi connectivity index (χ1n) is 9.88. The Kier molecular flexibility index (Phi) is 5.16. The van der Waals surface area contributed by atoms with Gasteiger partial charge < -0.3 is 14.2 Å². The van der Waals surface area contributed by atoms with Gasteiger partial charge in [0, 0.05) is 28.1 Å². The van der Waals surface area contributed by atoms with Crippen LogP contribution in [0.2, 0.25) is 10.0 Å². The standard InChI is InChI=1S/C24H20Cl2N2O3/c1-29-21-9-8-15(10-22(21)30-2)19-13-20-17-11-16(25)12-18(26)23(17)31-24(28(20)27-19)14-6-4-3-5-7-14/h3-12,20,24H,13H2,1-2H3. The maximum Gasteiger partial charge on any atom is 0.213 e. The van der Waals surface area contributed by atoms with Crippen LogP contribution in [0, 0.1) is 0 Å². The molecule has 2 aliphatic rings. The summed E-state index contributed by atoms with van der Waals surface area (Å²) in [7, 11) is 3.25. The lowest BCUT2D eigenvalue weighted by Gasteiger charge is -2.38. The highest BCUT2D eigenvalue weighted by Gasteiger charge is 2.42. The van der Waals surface area contributed by atoms with E-state index in [0.717, 1.165) is 22.4 Å². The van der Waals surface area contributed by atoms with Crippen LogP contribution in [0.4, 0.5) is 0 Å². The Balaban J connectivity index is 1.61. The maximum atomic E-state index is 6.52. The fourth-order valence-corrected chi connectivity index (χ4v) is 4.70. The SMILES string of the molecule is COc1ccc(C2=NN3C(C2)c2cc(Cl)cc(Cl)c2OC3c2ccccc2)cc1OC. The van der Waals surface area contributed by atoms with Crippen molar-refractivity contribution in [3.8, 4) is 17.2 Å². The maximum absolute atomic E-state index is 6.52. The lowest BCUT2D eigenvalue weighted by atomic mass is 9.95. The second-order valence-electron chi connectivity index (χ2n) is 7.40. The topological polar surface area (TPSA) is 43.3 Å². The Labute approximate surface area is 190 Å². The fraction of sp³-hybridized carbons (Fsp3) is 0.208. The summed E-state index contributed by atoms with van der Waals surface area (Å²) in [5.41, 5.74) is 3.83. The zero-order valence-corrected chi connectivity index (χ0v) is 18.5. The Morgan fingerprint density at radius 3 is 2.48 bits per heavy atom. The number of fused-ring (bicyclic) bond motifs is 3. The molecule has 2 unspecified atom stereocenters. The summed E-state index contributed by atoms with van der Waals surface area (Å²) >= 11 is 12.8. The molecular formula is C24H20Cl2N2O3. The van der Waals surface area contributed by atoms with Crippen molar-refractivity contribution in [3.63, 3.8) is 0 Å². The van der Waals surface area contributed by atoms with Crippen molar-refractivity contribution >= 4 is 28.9 Å². The van der Waals surface area contributed by atoms with Crippen LogP contribution in [0.15, 0.2) is 65.8 Å². The molecule has 0 aromatic heterocycles. The molecule has 0 bridgehead atoms. The van der Waals surface area contributed by atoms with E-state index >= 15 is 0 Å². The molecule has 5 nitrogen and oxygen atoms in total. The first kappa shape index (κ1) is 20.0. The molecule has 3 aromatic rings. The quantitative estimate of drug-likeness (QED) is 0.466. The third-order valence-corrected chi connectivity index (χ3v) is 6.11. The van der Waals surface area contributed by atoms with Gasteiger partial charge in [-0.25, -0.2) is 5.01 Å². The van der Waals surface area contributed by atoms with E-state index in [2.05, 4.69) is 0 Å². The summed E-state index contributed by atoms with van der Waals surface area (Å²) in [4.78, 5) is 0. The van der Waals surface area contributed by atoms with E-state index in [1.54, 1.807) is 20.3 Å². The number of halogens is 2. The van der Waals surface area contributed by atoms with Crippen molar-refractivity contribution < 1.29 is 14.2 Å². The van der Waals surface area contributed by atoms with E-state index in [-0.39, 0.29) is 6.04 Å². The predicted octanol–water partition coefficient (Wildman–Crippen LogP) is 6.25. The molecule has 2 atom stereocenters. The van der Waals surface area contributed by atoms with Crippen LogP contribution < -0.4 is 14.2 Å². The van der Waals surface area contributed by atoms with Crippen LogP contribution in [-0.2, 0) is 0 Å². The van der Waals surface area contributed by atoms with Gasteiger partial charge in [0.1, 0.15) is 5.75 Å². The van der Waals surface area contributed by atoms with Crippen molar-refractivity contribution in [1.29, 1.82) is 0 Å². The molecular weight excluding hydrogens is 435 g/mol. The van der Waals surface area contributed by atoms with Crippen LogP contribution in [0.1, 0.15) is 35.4 Å².